The third-order valence-corrected chi connectivity index (χ3v) is 4.43. The van der Waals surface area contributed by atoms with Gasteiger partial charge in [-0.3, -0.25) is 9.59 Å². The minimum absolute atomic E-state index is 0.113. The van der Waals surface area contributed by atoms with E-state index in [1.165, 1.54) is 11.8 Å². The van der Waals surface area contributed by atoms with Crippen molar-refractivity contribution >= 4 is 41.1 Å². The van der Waals surface area contributed by atoms with Crippen LogP contribution in [0.4, 0.5) is 11.5 Å². The Morgan fingerprint density at radius 1 is 1.11 bits per heavy atom. The zero-order valence-electron chi connectivity index (χ0n) is 15.8. The van der Waals surface area contributed by atoms with Crippen LogP contribution in [0.5, 0.6) is 0 Å². The second-order valence-electron chi connectivity index (χ2n) is 5.98. The molecule has 0 atom stereocenters. The maximum Gasteiger partial charge on any atom is 0.338 e. The van der Waals surface area contributed by atoms with Gasteiger partial charge in [-0.05, 0) is 37.6 Å². The van der Waals surface area contributed by atoms with Crippen molar-refractivity contribution < 1.29 is 23.6 Å². The van der Waals surface area contributed by atoms with Crippen LogP contribution in [-0.4, -0.2) is 41.1 Å². The maximum atomic E-state index is 12.0. The number of unbranched alkanes of at least 4 members (excludes halogenated alkanes) is 1. The average molecular weight is 405 g/mol. The summed E-state index contributed by atoms with van der Waals surface area (Å²) >= 11 is 1.18. The van der Waals surface area contributed by atoms with Crippen molar-refractivity contribution in [2.24, 2.45) is 0 Å². The molecule has 0 saturated heterocycles. The summed E-state index contributed by atoms with van der Waals surface area (Å²) in [6, 6.07) is 8.09. The highest BCUT2D eigenvalue weighted by atomic mass is 32.2. The predicted octanol–water partition coefficient (Wildman–Crippen LogP) is 3.25. The normalized spacial score (nSPS) is 10.4. The number of anilines is 2. The first-order chi connectivity index (χ1) is 13.5. The van der Waals surface area contributed by atoms with Crippen molar-refractivity contribution in [3.8, 4) is 0 Å². The first-order valence-electron chi connectivity index (χ1n) is 8.86. The van der Waals surface area contributed by atoms with Crippen molar-refractivity contribution in [3.05, 3.63) is 41.7 Å². The van der Waals surface area contributed by atoms with Gasteiger partial charge >= 0.3 is 5.97 Å². The number of carbonyl (C=O) groups excluding carboxylic acids is 3. The number of hydrogen-bond donors (Lipinski definition) is 2. The van der Waals surface area contributed by atoms with Crippen LogP contribution < -0.4 is 10.6 Å². The second-order valence-corrected chi connectivity index (χ2v) is 6.96. The number of aromatic nitrogens is 1. The largest absolute Gasteiger partial charge is 0.462 e. The van der Waals surface area contributed by atoms with E-state index in [4.69, 9.17) is 9.26 Å². The van der Waals surface area contributed by atoms with E-state index in [0.717, 1.165) is 12.8 Å². The molecule has 0 spiro atoms. The number of nitrogens with zero attached hydrogens (tertiary/aromatic N) is 1. The van der Waals surface area contributed by atoms with Crippen molar-refractivity contribution in [2.45, 2.75) is 26.7 Å². The maximum absolute atomic E-state index is 12.0. The smallest absolute Gasteiger partial charge is 0.338 e. The summed E-state index contributed by atoms with van der Waals surface area (Å²) in [7, 11) is 0. The number of rotatable bonds is 10. The summed E-state index contributed by atoms with van der Waals surface area (Å²) in [6.07, 6.45) is 1.78. The number of benzene rings is 1. The highest BCUT2D eigenvalue weighted by Gasteiger charge is 2.10. The van der Waals surface area contributed by atoms with E-state index < -0.39 is 0 Å². The molecular formula is C19H23N3O5S. The fraction of sp³-hybridized carbons (Fsp3) is 0.368. The van der Waals surface area contributed by atoms with Gasteiger partial charge in [-0.15, -0.1) is 11.8 Å². The Hall–Kier alpha value is -2.81. The van der Waals surface area contributed by atoms with Crippen molar-refractivity contribution in [2.75, 3.05) is 28.7 Å². The minimum atomic E-state index is -0.379. The zero-order chi connectivity index (χ0) is 20.4. The van der Waals surface area contributed by atoms with Crippen LogP contribution in [-0.2, 0) is 14.3 Å². The number of carbonyl (C=O) groups is 3. The summed E-state index contributed by atoms with van der Waals surface area (Å²) in [5, 5.41) is 8.96. The van der Waals surface area contributed by atoms with Crippen LogP contribution in [0.1, 0.15) is 35.9 Å². The second kappa shape index (κ2) is 11.1. The van der Waals surface area contributed by atoms with E-state index >= 15 is 0 Å². The molecule has 0 aliphatic carbocycles. The molecule has 9 heteroatoms. The van der Waals surface area contributed by atoms with Crippen LogP contribution >= 0.6 is 11.8 Å². The van der Waals surface area contributed by atoms with E-state index in [0.29, 0.717) is 29.4 Å². The number of hydrogen-bond acceptors (Lipinski definition) is 7. The van der Waals surface area contributed by atoms with Gasteiger partial charge in [0.1, 0.15) is 5.76 Å². The molecular weight excluding hydrogens is 382 g/mol. The topological polar surface area (TPSA) is 111 Å². The van der Waals surface area contributed by atoms with E-state index in [1.54, 1.807) is 37.3 Å². The lowest BCUT2D eigenvalue weighted by Crippen LogP contribution is -2.18. The van der Waals surface area contributed by atoms with Crippen LogP contribution in [0.25, 0.3) is 0 Å². The summed E-state index contributed by atoms with van der Waals surface area (Å²) < 4.78 is 9.99. The van der Waals surface area contributed by atoms with Crippen LogP contribution in [0, 0.1) is 6.92 Å². The van der Waals surface area contributed by atoms with Gasteiger partial charge < -0.3 is 19.9 Å². The summed E-state index contributed by atoms with van der Waals surface area (Å²) in [5.74, 6) is 0.289. The van der Waals surface area contributed by atoms with E-state index in [9.17, 15) is 14.4 Å². The van der Waals surface area contributed by atoms with Gasteiger partial charge in [-0.25, -0.2) is 4.79 Å². The van der Waals surface area contributed by atoms with Gasteiger partial charge in [-0.2, -0.15) is 0 Å². The molecule has 2 amide bonds. The molecule has 0 radical (unpaired) electrons. The van der Waals surface area contributed by atoms with Gasteiger partial charge in [0.2, 0.25) is 11.8 Å². The standard InChI is InChI=1S/C19H23N3O5S/c1-3-4-9-26-19(25)14-5-7-15(8-6-14)20-17(23)11-28-12-18(24)21-16-10-13(2)27-22-16/h5-8,10H,3-4,9,11-12H2,1-2H3,(H,20,23)(H,21,22,24). The summed E-state index contributed by atoms with van der Waals surface area (Å²) in [4.78, 5) is 35.6. The first kappa shape index (κ1) is 21.5. The Labute approximate surface area is 167 Å². The Morgan fingerprint density at radius 3 is 2.39 bits per heavy atom. The molecule has 0 fully saturated rings. The molecule has 1 aromatic carbocycles. The molecule has 2 rings (SSSR count). The average Bonchev–Trinajstić information content (AvgIpc) is 3.07. The molecule has 1 heterocycles. The number of nitrogens with one attached hydrogen (secondary N) is 2. The summed E-state index contributed by atoms with van der Waals surface area (Å²) in [6.45, 7) is 4.14. The lowest BCUT2D eigenvalue weighted by molar-refractivity contribution is -0.114. The Kier molecular flexibility index (Phi) is 8.54. The van der Waals surface area contributed by atoms with E-state index in [-0.39, 0.29) is 29.3 Å². The van der Waals surface area contributed by atoms with Gasteiger partial charge in [-0.1, -0.05) is 18.5 Å². The molecule has 0 aliphatic rings. The molecule has 0 unspecified atom stereocenters. The monoisotopic (exact) mass is 405 g/mol. The van der Waals surface area contributed by atoms with Crippen molar-refractivity contribution in [1.82, 2.24) is 5.16 Å². The number of amides is 2. The third-order valence-electron chi connectivity index (χ3n) is 3.50. The van der Waals surface area contributed by atoms with Gasteiger partial charge in [0.25, 0.3) is 0 Å². The highest BCUT2D eigenvalue weighted by molar-refractivity contribution is 8.00. The number of thioether (sulfide) groups is 1. The van der Waals surface area contributed by atoms with Crippen LogP contribution in [0.15, 0.2) is 34.9 Å². The lowest BCUT2D eigenvalue weighted by Gasteiger charge is -2.07. The minimum Gasteiger partial charge on any atom is -0.462 e. The zero-order valence-corrected chi connectivity index (χ0v) is 16.6. The number of aryl methyl sites for hydroxylation is 1. The molecule has 2 N–H and O–H groups in total. The lowest BCUT2D eigenvalue weighted by atomic mass is 10.2. The quantitative estimate of drug-likeness (QED) is 0.461. The number of ether oxygens (including phenoxy) is 1. The van der Waals surface area contributed by atoms with Crippen molar-refractivity contribution in [1.29, 1.82) is 0 Å². The van der Waals surface area contributed by atoms with Crippen molar-refractivity contribution in [3.63, 3.8) is 0 Å². The Morgan fingerprint density at radius 2 is 1.79 bits per heavy atom. The SMILES string of the molecule is CCCCOC(=O)c1ccc(NC(=O)CSCC(=O)Nc2cc(C)on2)cc1. The Balaban J connectivity index is 1.69. The van der Waals surface area contributed by atoms with Gasteiger partial charge in [0, 0.05) is 11.8 Å². The molecule has 0 bridgehead atoms. The first-order valence-corrected chi connectivity index (χ1v) is 10.0. The van der Waals surface area contributed by atoms with Crippen LogP contribution in [0.3, 0.4) is 0 Å². The predicted molar refractivity (Wildman–Crippen MR) is 107 cm³/mol. The molecule has 150 valence electrons. The molecule has 8 nitrogen and oxygen atoms in total. The fourth-order valence-electron chi connectivity index (χ4n) is 2.12. The number of esters is 1. The Bertz CT molecular complexity index is 804. The third kappa shape index (κ3) is 7.43. The van der Waals surface area contributed by atoms with E-state index in [1.807, 2.05) is 6.92 Å². The van der Waals surface area contributed by atoms with Crippen LogP contribution in [0.2, 0.25) is 0 Å². The molecule has 0 aliphatic heterocycles. The molecule has 2 aromatic rings. The molecule has 1 aromatic heterocycles. The van der Waals surface area contributed by atoms with Gasteiger partial charge in [0.15, 0.2) is 5.82 Å². The molecule has 0 saturated carbocycles. The summed E-state index contributed by atoms with van der Waals surface area (Å²) in [5.41, 5.74) is 1.00. The van der Waals surface area contributed by atoms with Gasteiger partial charge in [0.05, 0.1) is 23.7 Å². The fourth-order valence-corrected chi connectivity index (χ4v) is 2.74. The molecule has 28 heavy (non-hydrogen) atoms. The van der Waals surface area contributed by atoms with E-state index in [2.05, 4.69) is 15.8 Å². The highest BCUT2D eigenvalue weighted by Crippen LogP contribution is 2.12.